The topological polar surface area (TPSA) is 55.4 Å². The van der Waals surface area contributed by atoms with E-state index in [1.807, 2.05) is 0 Å². The van der Waals surface area contributed by atoms with E-state index in [0.29, 0.717) is 11.9 Å². The summed E-state index contributed by atoms with van der Waals surface area (Å²) in [5.41, 5.74) is 5.17. The first kappa shape index (κ1) is 8.10. The molecule has 1 amide bonds. The van der Waals surface area contributed by atoms with E-state index in [-0.39, 0.29) is 0 Å². The fourth-order valence-electron chi connectivity index (χ4n) is 0.176. The third-order valence-electron chi connectivity index (χ3n) is 0.492. The predicted octanol–water partition coefficient (Wildman–Crippen LogP) is 0.550. The van der Waals surface area contributed by atoms with Crippen LogP contribution in [0.2, 0.25) is 0 Å². The van der Waals surface area contributed by atoms with Gasteiger partial charge in [0.15, 0.2) is 0 Å². The first-order valence-electron chi connectivity index (χ1n) is 1.97. The van der Waals surface area contributed by atoms with E-state index in [9.17, 15) is 9.18 Å². The van der Waals surface area contributed by atoms with E-state index in [1.165, 1.54) is 0 Å². The molecule has 50 valence electrons. The Morgan fingerprint density at radius 3 is 2.67 bits per heavy atom. The highest BCUT2D eigenvalue weighted by atomic mass is 35.5. The number of hydrogen-bond donors (Lipinski definition) is 1. The van der Waals surface area contributed by atoms with Gasteiger partial charge in [-0.05, 0) is 0 Å². The zero-order valence-corrected chi connectivity index (χ0v) is 5.10. The van der Waals surface area contributed by atoms with Crippen LogP contribution in [0.1, 0.15) is 0 Å². The molecule has 0 aliphatic heterocycles. The van der Waals surface area contributed by atoms with Crippen LogP contribution in [-0.2, 0) is 4.79 Å². The highest BCUT2D eigenvalue weighted by Crippen LogP contribution is 1.99. The summed E-state index contributed by atoms with van der Waals surface area (Å²) in [7, 11) is 0. The quantitative estimate of drug-likeness (QED) is 0.337. The summed E-state index contributed by atoms with van der Waals surface area (Å²) < 4.78 is 11.9. The van der Waals surface area contributed by atoms with Gasteiger partial charge < -0.3 is 5.73 Å². The lowest BCUT2D eigenvalue weighted by Gasteiger charge is -1.82. The van der Waals surface area contributed by atoms with Gasteiger partial charge in [-0.3, -0.25) is 4.79 Å². The molecule has 3 nitrogen and oxygen atoms in total. The second kappa shape index (κ2) is 4.03. The van der Waals surface area contributed by atoms with Gasteiger partial charge in [0.1, 0.15) is 0 Å². The van der Waals surface area contributed by atoms with Crippen LogP contribution in [0.15, 0.2) is 16.4 Å². The number of nitrogens with two attached hydrogens (primary N) is 1. The molecule has 0 radical (unpaired) electrons. The summed E-state index contributed by atoms with van der Waals surface area (Å²) in [6.07, 6.45) is 0.697. The van der Waals surface area contributed by atoms with Gasteiger partial charge in [-0.25, -0.2) is 0 Å². The van der Waals surface area contributed by atoms with Crippen molar-refractivity contribution in [2.45, 2.75) is 0 Å². The fourth-order valence-corrected chi connectivity index (χ4v) is 0.269. The molecule has 0 heterocycles. The highest BCUT2D eigenvalue weighted by molar-refractivity contribution is 6.27. The zero-order chi connectivity index (χ0) is 7.28. The Bertz CT molecular complexity index is 166. The Kier molecular flexibility index (Phi) is 3.62. The molecule has 0 aliphatic rings. The minimum Gasteiger partial charge on any atom is -0.390 e. The number of halogens is 2. The normalized spacial score (nSPS) is 12.4. The molecule has 0 aromatic carbocycles. The zero-order valence-electron chi connectivity index (χ0n) is 4.34. The molecule has 0 saturated heterocycles. The van der Waals surface area contributed by atoms with Gasteiger partial charge in [0.25, 0.3) is 0 Å². The predicted molar refractivity (Wildman–Crippen MR) is 32.7 cm³/mol. The van der Waals surface area contributed by atoms with Crippen LogP contribution in [0.4, 0.5) is 4.39 Å². The van der Waals surface area contributed by atoms with E-state index in [2.05, 4.69) is 10.7 Å². The van der Waals surface area contributed by atoms with Gasteiger partial charge in [-0.15, -0.1) is 0 Å². The third-order valence-corrected chi connectivity index (χ3v) is 0.683. The van der Waals surface area contributed by atoms with E-state index >= 15 is 0 Å². The summed E-state index contributed by atoms with van der Waals surface area (Å²) in [6, 6.07) is 0. The fraction of sp³-hybridized carbons (Fsp3) is 0. The van der Waals surface area contributed by atoms with Crippen LogP contribution in [0.25, 0.3) is 0 Å². The molecule has 5 heteroatoms. The maximum absolute atomic E-state index is 11.9. The Hall–Kier alpha value is -0.900. The largest absolute Gasteiger partial charge is 0.390 e. The summed E-state index contributed by atoms with van der Waals surface area (Å²) in [5.74, 6) is -2.20. The van der Waals surface area contributed by atoms with Crippen LogP contribution in [0, 0.1) is 0 Å². The number of carbonyl (C=O) groups is 1. The third kappa shape index (κ3) is 2.81. The van der Waals surface area contributed by atoms with Crippen LogP contribution < -0.4 is 5.73 Å². The van der Waals surface area contributed by atoms with Crippen LogP contribution in [0.5, 0.6) is 0 Å². The maximum atomic E-state index is 11.9. The first-order valence-corrected chi connectivity index (χ1v) is 2.40. The molecule has 0 atom stereocenters. The van der Waals surface area contributed by atoms with Gasteiger partial charge in [0.2, 0.25) is 5.83 Å². The smallest absolute Gasteiger partial charge is 0.308 e. The van der Waals surface area contributed by atoms with Crippen molar-refractivity contribution >= 4 is 23.8 Å². The van der Waals surface area contributed by atoms with Crippen molar-refractivity contribution in [2.24, 2.45) is 10.7 Å². The minimum absolute atomic E-state index is 0.495. The lowest BCUT2D eigenvalue weighted by Crippen LogP contribution is -1.97. The van der Waals surface area contributed by atoms with E-state index in [4.69, 9.17) is 11.6 Å². The Morgan fingerprint density at radius 2 is 2.33 bits per heavy atom. The van der Waals surface area contributed by atoms with Crippen molar-refractivity contribution in [3.8, 4) is 0 Å². The van der Waals surface area contributed by atoms with Crippen molar-refractivity contribution in [2.75, 3.05) is 0 Å². The summed E-state index contributed by atoms with van der Waals surface area (Å²) in [5, 5.41) is 0. The number of nitrogens with zero attached hydrogens (tertiary/aromatic N) is 1. The van der Waals surface area contributed by atoms with Crippen molar-refractivity contribution in [1.29, 1.82) is 0 Å². The SMILES string of the molecule is NC=NC(=O)/C(F)=C/Cl. The lowest BCUT2D eigenvalue weighted by atomic mass is 10.6. The second-order valence-electron chi connectivity index (χ2n) is 1.04. The number of carbonyl (C=O) groups excluding carboxylic acids is 1. The summed E-state index contributed by atoms with van der Waals surface area (Å²) in [4.78, 5) is 13.0. The minimum atomic E-state index is -1.13. The molecule has 0 fully saturated rings. The summed E-state index contributed by atoms with van der Waals surface area (Å²) in [6.45, 7) is 0. The Morgan fingerprint density at radius 1 is 1.78 bits per heavy atom. The number of amides is 1. The lowest BCUT2D eigenvalue weighted by molar-refractivity contribution is -0.115. The molecule has 0 aliphatic carbocycles. The average Bonchev–Trinajstić information content (AvgIpc) is 1.87. The van der Waals surface area contributed by atoms with Crippen molar-refractivity contribution in [1.82, 2.24) is 0 Å². The van der Waals surface area contributed by atoms with Gasteiger partial charge in [0, 0.05) is 5.54 Å². The van der Waals surface area contributed by atoms with Crippen molar-refractivity contribution < 1.29 is 9.18 Å². The number of rotatable bonds is 1. The van der Waals surface area contributed by atoms with Crippen molar-refractivity contribution in [3.05, 3.63) is 11.4 Å². The van der Waals surface area contributed by atoms with E-state index < -0.39 is 11.7 Å². The van der Waals surface area contributed by atoms with Gasteiger partial charge in [0.05, 0.1) is 6.34 Å². The molecule has 0 saturated carbocycles. The van der Waals surface area contributed by atoms with Crippen molar-refractivity contribution in [3.63, 3.8) is 0 Å². The molecule has 0 unspecified atom stereocenters. The van der Waals surface area contributed by atoms with E-state index in [1.54, 1.807) is 0 Å². The molecule has 2 N–H and O–H groups in total. The summed E-state index contributed by atoms with van der Waals surface area (Å²) >= 11 is 4.81. The van der Waals surface area contributed by atoms with Gasteiger partial charge in [-0.1, -0.05) is 11.6 Å². The second-order valence-corrected chi connectivity index (χ2v) is 1.26. The maximum Gasteiger partial charge on any atom is 0.308 e. The number of aliphatic imine (C=N–C) groups is 1. The first-order chi connectivity index (χ1) is 4.22. The van der Waals surface area contributed by atoms with Crippen LogP contribution in [0.3, 0.4) is 0 Å². The molecule has 9 heavy (non-hydrogen) atoms. The van der Waals surface area contributed by atoms with Gasteiger partial charge >= 0.3 is 5.91 Å². The highest BCUT2D eigenvalue weighted by Gasteiger charge is 2.02. The molecule has 0 aromatic heterocycles. The van der Waals surface area contributed by atoms with E-state index in [0.717, 1.165) is 0 Å². The molecular formula is C4H4ClFN2O. The standard InChI is InChI=1S/C4H4ClFN2O/c5-1-3(6)4(9)8-2-7/h1-2H,(H2,7,8,9)/b3-1-. The molecule has 0 rings (SSSR count). The monoisotopic (exact) mass is 150 g/mol. The average molecular weight is 151 g/mol. The Labute approximate surface area is 56.0 Å². The molecular weight excluding hydrogens is 147 g/mol. The molecule has 0 aromatic rings. The Balaban J connectivity index is 4.05. The van der Waals surface area contributed by atoms with Crippen LogP contribution in [-0.4, -0.2) is 12.2 Å². The van der Waals surface area contributed by atoms with Crippen LogP contribution >= 0.6 is 11.6 Å². The van der Waals surface area contributed by atoms with Gasteiger partial charge in [-0.2, -0.15) is 9.38 Å². The molecule has 0 bridgehead atoms. The molecule has 0 spiro atoms. The number of hydrogen-bond acceptors (Lipinski definition) is 1.